The van der Waals surface area contributed by atoms with Crippen molar-refractivity contribution in [2.75, 3.05) is 0 Å². The highest BCUT2D eigenvalue weighted by Gasteiger charge is 2.32. The van der Waals surface area contributed by atoms with Gasteiger partial charge in [0.25, 0.3) is 0 Å². The Morgan fingerprint density at radius 2 is 1.47 bits per heavy atom. The molecule has 0 saturated carbocycles. The lowest BCUT2D eigenvalue weighted by Gasteiger charge is -2.30. The van der Waals surface area contributed by atoms with E-state index in [2.05, 4.69) is 0 Å². The first kappa shape index (κ1) is 13.3. The van der Waals surface area contributed by atoms with Crippen LogP contribution in [0.5, 0.6) is 0 Å². The summed E-state index contributed by atoms with van der Waals surface area (Å²) in [4.78, 5) is 11.5. The number of ether oxygens (including phenoxy) is 1. The Morgan fingerprint density at radius 3 is 2.00 bits per heavy atom. The molecule has 0 amide bonds. The molecule has 0 aromatic heterocycles. The van der Waals surface area contributed by atoms with Crippen molar-refractivity contribution >= 4 is 5.97 Å². The van der Waals surface area contributed by atoms with Crippen LogP contribution in [-0.2, 0) is 15.1 Å². The molecule has 0 aliphatic rings. The van der Waals surface area contributed by atoms with Crippen LogP contribution in [0.3, 0.4) is 0 Å². The molecular weight excluding hydrogens is 236 g/mol. The Morgan fingerprint density at radius 1 is 0.947 bits per heavy atom. The lowest BCUT2D eigenvalue weighted by atomic mass is 9.87. The molecular formula is C17H18O2. The quantitative estimate of drug-likeness (QED) is 0.778. The van der Waals surface area contributed by atoms with E-state index in [9.17, 15) is 4.79 Å². The molecule has 2 aromatic carbocycles. The van der Waals surface area contributed by atoms with E-state index in [-0.39, 0.29) is 5.97 Å². The van der Waals surface area contributed by atoms with E-state index in [1.807, 2.05) is 68.4 Å². The van der Waals surface area contributed by atoms with Crippen LogP contribution in [-0.4, -0.2) is 5.97 Å². The number of carbonyl (C=O) groups is 1. The molecule has 0 saturated heterocycles. The van der Waals surface area contributed by atoms with Crippen LogP contribution in [0.4, 0.5) is 0 Å². The number of carbonyl (C=O) groups excluding carboxylic acids is 1. The van der Waals surface area contributed by atoms with Gasteiger partial charge in [0.05, 0.1) is 0 Å². The van der Waals surface area contributed by atoms with Crippen LogP contribution in [0.25, 0.3) is 0 Å². The van der Waals surface area contributed by atoms with E-state index in [4.69, 9.17) is 4.74 Å². The zero-order chi connectivity index (χ0) is 13.9. The maximum absolute atomic E-state index is 11.5. The number of aryl methyl sites for hydroxylation is 1. The Bertz CT molecular complexity index is 558. The summed E-state index contributed by atoms with van der Waals surface area (Å²) in [6.07, 6.45) is 0. The fraction of sp³-hybridized carbons (Fsp3) is 0.235. The van der Waals surface area contributed by atoms with Gasteiger partial charge in [0.1, 0.15) is 0 Å². The molecule has 0 heterocycles. The second kappa shape index (κ2) is 5.27. The van der Waals surface area contributed by atoms with Crippen molar-refractivity contribution in [2.45, 2.75) is 26.4 Å². The molecule has 0 radical (unpaired) electrons. The molecule has 0 fully saturated rings. The average molecular weight is 254 g/mol. The topological polar surface area (TPSA) is 26.3 Å². The Kier molecular flexibility index (Phi) is 3.70. The first-order chi connectivity index (χ1) is 9.02. The smallest absolute Gasteiger partial charge is 0.303 e. The highest BCUT2D eigenvalue weighted by molar-refractivity contribution is 5.67. The molecule has 2 aromatic rings. The van der Waals surface area contributed by atoms with Crippen LogP contribution in [0.15, 0.2) is 54.6 Å². The largest absolute Gasteiger partial charge is 0.450 e. The third-order valence-electron chi connectivity index (χ3n) is 3.27. The van der Waals surface area contributed by atoms with Gasteiger partial charge in [0.2, 0.25) is 0 Å². The van der Waals surface area contributed by atoms with E-state index in [0.29, 0.717) is 0 Å². The van der Waals surface area contributed by atoms with Gasteiger partial charge in [0.15, 0.2) is 5.60 Å². The van der Waals surface area contributed by atoms with Gasteiger partial charge in [-0.2, -0.15) is 0 Å². The van der Waals surface area contributed by atoms with Crippen LogP contribution in [0.2, 0.25) is 0 Å². The SMILES string of the molecule is CC(=O)OC(C)(c1ccccc1)c1ccc(C)cc1. The first-order valence-electron chi connectivity index (χ1n) is 6.34. The standard InChI is InChI=1S/C17H18O2/c1-13-9-11-16(12-10-13)17(3,19-14(2)18)15-7-5-4-6-8-15/h4-12H,1-3H3. The van der Waals surface area contributed by atoms with Gasteiger partial charge >= 0.3 is 5.97 Å². The van der Waals surface area contributed by atoms with Gasteiger partial charge < -0.3 is 4.74 Å². The summed E-state index contributed by atoms with van der Waals surface area (Å²) in [5, 5.41) is 0. The monoisotopic (exact) mass is 254 g/mol. The minimum absolute atomic E-state index is 0.285. The molecule has 0 aliphatic heterocycles. The highest BCUT2D eigenvalue weighted by atomic mass is 16.6. The number of rotatable bonds is 3. The van der Waals surface area contributed by atoms with Gasteiger partial charge in [-0.15, -0.1) is 0 Å². The normalized spacial score (nSPS) is 13.6. The summed E-state index contributed by atoms with van der Waals surface area (Å²) in [5.41, 5.74) is 2.37. The summed E-state index contributed by atoms with van der Waals surface area (Å²) in [5.74, 6) is -0.285. The molecule has 1 atom stereocenters. The molecule has 0 bridgehead atoms. The van der Waals surface area contributed by atoms with Gasteiger partial charge in [-0.05, 0) is 25.0 Å². The average Bonchev–Trinajstić information content (AvgIpc) is 2.39. The van der Waals surface area contributed by atoms with E-state index in [1.165, 1.54) is 12.5 Å². The van der Waals surface area contributed by atoms with E-state index in [0.717, 1.165) is 11.1 Å². The molecule has 2 nitrogen and oxygen atoms in total. The predicted molar refractivity (Wildman–Crippen MR) is 75.8 cm³/mol. The summed E-state index contributed by atoms with van der Waals surface area (Å²) in [7, 11) is 0. The van der Waals surface area contributed by atoms with Crippen LogP contribution in [0.1, 0.15) is 30.5 Å². The summed E-state index contributed by atoms with van der Waals surface area (Å²) in [6.45, 7) is 5.40. The van der Waals surface area contributed by atoms with Crippen molar-refractivity contribution in [3.63, 3.8) is 0 Å². The van der Waals surface area contributed by atoms with Gasteiger partial charge in [-0.3, -0.25) is 4.79 Å². The van der Waals surface area contributed by atoms with Crippen molar-refractivity contribution < 1.29 is 9.53 Å². The van der Waals surface area contributed by atoms with E-state index in [1.54, 1.807) is 0 Å². The Balaban J connectivity index is 2.51. The number of benzene rings is 2. The van der Waals surface area contributed by atoms with Gasteiger partial charge in [-0.25, -0.2) is 0 Å². The summed E-state index contributed by atoms with van der Waals surface area (Å²) in [6, 6.07) is 17.9. The zero-order valence-electron chi connectivity index (χ0n) is 11.5. The molecule has 1 unspecified atom stereocenters. The maximum Gasteiger partial charge on any atom is 0.303 e. The predicted octanol–water partition coefficient (Wildman–Crippen LogP) is 3.82. The van der Waals surface area contributed by atoms with Crippen molar-refractivity contribution in [1.29, 1.82) is 0 Å². The van der Waals surface area contributed by atoms with Crippen LogP contribution >= 0.6 is 0 Å². The number of esters is 1. The molecule has 0 spiro atoms. The molecule has 0 aliphatic carbocycles. The lowest BCUT2D eigenvalue weighted by molar-refractivity contribution is -0.152. The van der Waals surface area contributed by atoms with Crippen molar-refractivity contribution in [3.05, 3.63) is 71.3 Å². The number of hydrogen-bond acceptors (Lipinski definition) is 2. The maximum atomic E-state index is 11.5. The number of hydrogen-bond donors (Lipinski definition) is 0. The highest BCUT2D eigenvalue weighted by Crippen LogP contribution is 2.33. The molecule has 0 N–H and O–H groups in total. The Hall–Kier alpha value is -2.09. The second-order valence-electron chi connectivity index (χ2n) is 4.86. The van der Waals surface area contributed by atoms with Gasteiger partial charge in [0, 0.05) is 6.92 Å². The molecule has 2 heteroatoms. The second-order valence-corrected chi connectivity index (χ2v) is 4.86. The summed E-state index contributed by atoms with van der Waals surface area (Å²) < 4.78 is 5.61. The van der Waals surface area contributed by atoms with Crippen molar-refractivity contribution in [2.24, 2.45) is 0 Å². The molecule has 98 valence electrons. The molecule has 19 heavy (non-hydrogen) atoms. The Labute approximate surface area is 114 Å². The third-order valence-corrected chi connectivity index (χ3v) is 3.27. The van der Waals surface area contributed by atoms with Crippen LogP contribution < -0.4 is 0 Å². The minimum atomic E-state index is -0.749. The lowest BCUT2D eigenvalue weighted by Crippen LogP contribution is -2.29. The fourth-order valence-corrected chi connectivity index (χ4v) is 2.20. The molecule has 2 rings (SSSR count). The van der Waals surface area contributed by atoms with E-state index < -0.39 is 5.60 Å². The first-order valence-corrected chi connectivity index (χ1v) is 6.34. The van der Waals surface area contributed by atoms with E-state index >= 15 is 0 Å². The minimum Gasteiger partial charge on any atom is -0.450 e. The third kappa shape index (κ3) is 2.84. The zero-order valence-corrected chi connectivity index (χ0v) is 11.5. The van der Waals surface area contributed by atoms with Crippen molar-refractivity contribution in [1.82, 2.24) is 0 Å². The van der Waals surface area contributed by atoms with Crippen molar-refractivity contribution in [3.8, 4) is 0 Å². The van der Waals surface area contributed by atoms with Crippen LogP contribution in [0, 0.1) is 6.92 Å². The van der Waals surface area contributed by atoms with Gasteiger partial charge in [-0.1, -0.05) is 60.2 Å². The summed E-state index contributed by atoms with van der Waals surface area (Å²) >= 11 is 0. The fourth-order valence-electron chi connectivity index (χ4n) is 2.20.